The van der Waals surface area contributed by atoms with E-state index in [4.69, 9.17) is 10.6 Å². The third kappa shape index (κ3) is 7.10. The van der Waals surface area contributed by atoms with Crippen LogP contribution in [0.25, 0.3) is 0 Å². The maximum atomic E-state index is 11.9. The highest BCUT2D eigenvalue weighted by atomic mass is 16.7. The topological polar surface area (TPSA) is 67.6 Å². The molecular weight excluding hydrogens is 254 g/mol. The smallest absolute Gasteiger partial charge is 0.336 e. The summed E-state index contributed by atoms with van der Waals surface area (Å²) < 4.78 is 0. The summed E-state index contributed by atoms with van der Waals surface area (Å²) in [5, 5.41) is 4.32. The standard InChI is InChI=1S/C15H31N3O2/c1-2-17-15(19)18(12-8-4-7-11-16)20-13-14-9-5-3-6-10-14/h14H,2-13,16H2,1H3,(H,17,19). The molecule has 0 spiro atoms. The molecule has 118 valence electrons. The average Bonchev–Trinajstić information content (AvgIpc) is 2.47. The van der Waals surface area contributed by atoms with Crippen LogP contribution in [0, 0.1) is 5.92 Å². The monoisotopic (exact) mass is 285 g/mol. The van der Waals surface area contributed by atoms with Gasteiger partial charge < -0.3 is 11.1 Å². The highest BCUT2D eigenvalue weighted by Crippen LogP contribution is 2.24. The zero-order valence-corrected chi connectivity index (χ0v) is 12.9. The van der Waals surface area contributed by atoms with Crippen LogP contribution in [0.1, 0.15) is 58.3 Å². The van der Waals surface area contributed by atoms with Crippen molar-refractivity contribution in [3.8, 4) is 0 Å². The fraction of sp³-hybridized carbons (Fsp3) is 0.933. The molecule has 0 aromatic rings. The number of carbonyl (C=O) groups is 1. The first kappa shape index (κ1) is 17.2. The van der Waals surface area contributed by atoms with Gasteiger partial charge in [-0.15, -0.1) is 0 Å². The molecule has 1 fully saturated rings. The molecule has 20 heavy (non-hydrogen) atoms. The molecule has 0 heterocycles. The van der Waals surface area contributed by atoms with Gasteiger partial charge in [-0.3, -0.25) is 4.84 Å². The van der Waals surface area contributed by atoms with Crippen LogP contribution in [-0.4, -0.2) is 37.3 Å². The molecule has 1 aliphatic carbocycles. The van der Waals surface area contributed by atoms with Gasteiger partial charge in [0.05, 0.1) is 13.2 Å². The average molecular weight is 285 g/mol. The lowest BCUT2D eigenvalue weighted by molar-refractivity contribution is -0.132. The number of unbranched alkanes of at least 4 members (excludes halogenated alkanes) is 2. The molecule has 0 saturated heterocycles. The Morgan fingerprint density at radius 2 is 2.00 bits per heavy atom. The van der Waals surface area contributed by atoms with Gasteiger partial charge >= 0.3 is 6.03 Å². The Balaban J connectivity index is 2.30. The van der Waals surface area contributed by atoms with Gasteiger partial charge in [0.2, 0.25) is 0 Å². The molecule has 3 N–H and O–H groups in total. The third-order valence-corrected chi connectivity index (χ3v) is 3.81. The van der Waals surface area contributed by atoms with E-state index in [9.17, 15) is 4.79 Å². The van der Waals surface area contributed by atoms with Gasteiger partial charge in [0, 0.05) is 6.54 Å². The Morgan fingerprint density at radius 3 is 2.65 bits per heavy atom. The highest BCUT2D eigenvalue weighted by Gasteiger charge is 2.18. The zero-order chi connectivity index (χ0) is 14.6. The van der Waals surface area contributed by atoms with Gasteiger partial charge in [0.1, 0.15) is 0 Å². The maximum Gasteiger partial charge on any atom is 0.341 e. The lowest BCUT2D eigenvalue weighted by Crippen LogP contribution is -2.41. The Hall–Kier alpha value is -0.810. The molecule has 0 aromatic carbocycles. The lowest BCUT2D eigenvalue weighted by atomic mass is 9.90. The molecule has 0 radical (unpaired) electrons. The van der Waals surface area contributed by atoms with E-state index in [1.807, 2.05) is 6.92 Å². The van der Waals surface area contributed by atoms with Gasteiger partial charge in [0.15, 0.2) is 0 Å². The minimum Gasteiger partial charge on any atom is -0.336 e. The zero-order valence-electron chi connectivity index (χ0n) is 12.9. The molecule has 5 nitrogen and oxygen atoms in total. The second kappa shape index (κ2) is 10.9. The Labute approximate surface area is 123 Å². The summed E-state index contributed by atoms with van der Waals surface area (Å²) in [4.78, 5) is 17.7. The second-order valence-electron chi connectivity index (χ2n) is 5.59. The molecular formula is C15H31N3O2. The van der Waals surface area contributed by atoms with Crippen molar-refractivity contribution >= 4 is 6.03 Å². The predicted octanol–water partition coefficient (Wildman–Crippen LogP) is 2.66. The molecule has 1 aliphatic rings. The number of rotatable bonds is 9. The number of hydrogen-bond donors (Lipinski definition) is 2. The summed E-state index contributed by atoms with van der Waals surface area (Å²) in [6, 6.07) is -0.115. The minimum atomic E-state index is -0.115. The van der Waals surface area contributed by atoms with Crippen LogP contribution in [0.2, 0.25) is 0 Å². The van der Waals surface area contributed by atoms with E-state index < -0.39 is 0 Å². The van der Waals surface area contributed by atoms with Crippen molar-refractivity contribution in [3.63, 3.8) is 0 Å². The maximum absolute atomic E-state index is 11.9. The van der Waals surface area contributed by atoms with Crippen LogP contribution in [0.15, 0.2) is 0 Å². The molecule has 0 aromatic heterocycles. The summed E-state index contributed by atoms with van der Waals surface area (Å²) in [5.74, 6) is 0.615. The van der Waals surface area contributed by atoms with Crippen LogP contribution >= 0.6 is 0 Å². The quantitative estimate of drug-likeness (QED) is 0.505. The number of carbonyl (C=O) groups excluding carboxylic acids is 1. The van der Waals surface area contributed by atoms with Crippen LogP contribution in [0.5, 0.6) is 0 Å². The number of hydroxylamine groups is 2. The number of hydrogen-bond acceptors (Lipinski definition) is 3. The molecule has 0 bridgehead atoms. The summed E-state index contributed by atoms with van der Waals surface area (Å²) in [7, 11) is 0. The molecule has 0 unspecified atom stereocenters. The first-order chi connectivity index (χ1) is 9.77. The van der Waals surface area contributed by atoms with Gasteiger partial charge in [-0.1, -0.05) is 25.7 Å². The van der Waals surface area contributed by atoms with Gasteiger partial charge in [-0.05, 0) is 45.1 Å². The van der Waals surface area contributed by atoms with Gasteiger partial charge in [-0.25, -0.2) is 9.86 Å². The predicted molar refractivity (Wildman–Crippen MR) is 81.2 cm³/mol. The number of nitrogens with two attached hydrogens (primary N) is 1. The van der Waals surface area contributed by atoms with Crippen LogP contribution in [-0.2, 0) is 4.84 Å². The number of amides is 2. The Bertz CT molecular complexity index is 256. The molecule has 5 heteroatoms. The SMILES string of the molecule is CCNC(=O)N(CCCCCN)OCC1CCCCC1. The van der Waals surface area contributed by atoms with Crippen molar-refractivity contribution < 1.29 is 9.63 Å². The van der Waals surface area contributed by atoms with Crippen molar-refractivity contribution in [2.75, 3.05) is 26.2 Å². The largest absolute Gasteiger partial charge is 0.341 e. The van der Waals surface area contributed by atoms with E-state index in [2.05, 4.69) is 5.32 Å². The number of nitrogens with one attached hydrogen (secondary N) is 1. The fourth-order valence-electron chi connectivity index (χ4n) is 2.59. The van der Waals surface area contributed by atoms with Gasteiger partial charge in [0.25, 0.3) is 0 Å². The van der Waals surface area contributed by atoms with E-state index in [-0.39, 0.29) is 6.03 Å². The summed E-state index contributed by atoms with van der Waals surface area (Å²) in [5.41, 5.74) is 5.48. The normalized spacial score (nSPS) is 16.1. The summed E-state index contributed by atoms with van der Waals surface area (Å²) in [6.45, 7) is 4.59. The van der Waals surface area contributed by atoms with E-state index in [0.717, 1.165) is 19.3 Å². The molecule has 0 aliphatic heterocycles. The van der Waals surface area contributed by atoms with E-state index >= 15 is 0 Å². The molecule has 1 saturated carbocycles. The van der Waals surface area contributed by atoms with Crippen molar-refractivity contribution in [2.24, 2.45) is 11.7 Å². The Kier molecular flexibility index (Phi) is 9.41. The van der Waals surface area contributed by atoms with E-state index in [1.165, 1.54) is 37.2 Å². The van der Waals surface area contributed by atoms with E-state index in [1.54, 1.807) is 0 Å². The van der Waals surface area contributed by atoms with Crippen LogP contribution in [0.4, 0.5) is 4.79 Å². The van der Waals surface area contributed by atoms with Crippen molar-refractivity contribution in [3.05, 3.63) is 0 Å². The molecule has 1 rings (SSSR count). The van der Waals surface area contributed by atoms with Crippen molar-refractivity contribution in [2.45, 2.75) is 58.3 Å². The highest BCUT2D eigenvalue weighted by molar-refractivity contribution is 5.72. The van der Waals surface area contributed by atoms with Crippen LogP contribution in [0.3, 0.4) is 0 Å². The summed E-state index contributed by atoms with van der Waals surface area (Å²) >= 11 is 0. The first-order valence-electron chi connectivity index (χ1n) is 8.16. The number of nitrogens with zero attached hydrogens (tertiary/aromatic N) is 1. The molecule has 0 atom stereocenters. The van der Waals surface area contributed by atoms with Crippen molar-refractivity contribution in [1.29, 1.82) is 0 Å². The molecule has 2 amide bonds. The fourth-order valence-corrected chi connectivity index (χ4v) is 2.59. The minimum absolute atomic E-state index is 0.115. The number of urea groups is 1. The summed E-state index contributed by atoms with van der Waals surface area (Å²) in [6.07, 6.45) is 9.39. The van der Waals surface area contributed by atoms with Crippen LogP contribution < -0.4 is 11.1 Å². The Morgan fingerprint density at radius 1 is 1.25 bits per heavy atom. The van der Waals surface area contributed by atoms with E-state index in [0.29, 0.717) is 32.2 Å². The third-order valence-electron chi connectivity index (χ3n) is 3.81. The second-order valence-corrected chi connectivity index (χ2v) is 5.59. The van der Waals surface area contributed by atoms with Crippen molar-refractivity contribution in [1.82, 2.24) is 10.4 Å². The van der Waals surface area contributed by atoms with Gasteiger partial charge in [-0.2, -0.15) is 0 Å². The lowest BCUT2D eigenvalue weighted by Gasteiger charge is -2.26. The first-order valence-corrected chi connectivity index (χ1v) is 8.16.